The number of halogens is 3. The number of benzene rings is 2. The van der Waals surface area contributed by atoms with E-state index in [1.165, 1.54) is 22.8 Å². The van der Waals surface area contributed by atoms with Gasteiger partial charge in [0.05, 0.1) is 21.7 Å². The Morgan fingerprint density at radius 2 is 1.90 bits per heavy atom. The zero-order valence-corrected chi connectivity index (χ0v) is 11.2. The Morgan fingerprint density at radius 1 is 1.15 bits per heavy atom. The summed E-state index contributed by atoms with van der Waals surface area (Å²) >= 11 is 5.77. The Balaban J connectivity index is 2.35. The molecule has 3 nitrogen and oxygen atoms in total. The van der Waals surface area contributed by atoms with Gasteiger partial charge in [0.25, 0.3) is 0 Å². The Hall–Kier alpha value is -2.14. The number of aromatic nitrogens is 2. The van der Waals surface area contributed by atoms with E-state index in [2.05, 4.69) is 4.98 Å². The maximum Gasteiger partial charge on any atom is 0.206 e. The highest BCUT2D eigenvalue weighted by Crippen LogP contribution is 2.28. The van der Waals surface area contributed by atoms with Crippen LogP contribution in [0.1, 0.15) is 5.56 Å². The second-order valence-corrected chi connectivity index (χ2v) is 4.92. The molecule has 0 atom stereocenters. The summed E-state index contributed by atoms with van der Waals surface area (Å²) in [6, 6.07) is 7.31. The molecular formula is C14H10ClF2N3. The summed E-state index contributed by atoms with van der Waals surface area (Å²) in [4.78, 5) is 4.03. The first kappa shape index (κ1) is 12.9. The van der Waals surface area contributed by atoms with Crippen LogP contribution in [0, 0.1) is 18.6 Å². The van der Waals surface area contributed by atoms with Gasteiger partial charge in [-0.05, 0) is 30.7 Å². The first-order valence-electron chi connectivity index (χ1n) is 5.87. The fourth-order valence-corrected chi connectivity index (χ4v) is 2.30. The van der Waals surface area contributed by atoms with Crippen molar-refractivity contribution in [3.05, 3.63) is 52.6 Å². The van der Waals surface area contributed by atoms with Gasteiger partial charge in [0.2, 0.25) is 5.95 Å². The molecule has 0 aliphatic heterocycles. The number of nitrogen functional groups attached to an aromatic ring is 1. The monoisotopic (exact) mass is 293 g/mol. The minimum atomic E-state index is -0.590. The molecule has 6 heteroatoms. The molecule has 0 amide bonds. The molecule has 0 saturated carbocycles. The van der Waals surface area contributed by atoms with Gasteiger partial charge < -0.3 is 5.73 Å². The number of rotatable bonds is 1. The van der Waals surface area contributed by atoms with Crippen molar-refractivity contribution >= 4 is 28.6 Å². The lowest BCUT2D eigenvalue weighted by atomic mass is 10.2. The van der Waals surface area contributed by atoms with Crippen molar-refractivity contribution in [1.82, 2.24) is 9.55 Å². The Morgan fingerprint density at radius 3 is 2.60 bits per heavy atom. The van der Waals surface area contributed by atoms with Crippen molar-refractivity contribution in [3.63, 3.8) is 0 Å². The molecule has 1 aromatic heterocycles. The van der Waals surface area contributed by atoms with Gasteiger partial charge in [0.15, 0.2) is 0 Å². The molecule has 2 aromatic carbocycles. The topological polar surface area (TPSA) is 43.8 Å². The largest absolute Gasteiger partial charge is 0.369 e. The predicted octanol–water partition coefficient (Wildman–Crippen LogP) is 3.85. The van der Waals surface area contributed by atoms with Gasteiger partial charge in [0, 0.05) is 6.07 Å². The smallest absolute Gasteiger partial charge is 0.206 e. The zero-order valence-electron chi connectivity index (χ0n) is 10.5. The van der Waals surface area contributed by atoms with Crippen LogP contribution in [0.4, 0.5) is 14.7 Å². The third-order valence-corrected chi connectivity index (χ3v) is 3.36. The molecule has 0 unspecified atom stereocenters. The van der Waals surface area contributed by atoms with Gasteiger partial charge in [-0.2, -0.15) is 0 Å². The molecule has 2 N–H and O–H groups in total. The predicted molar refractivity (Wildman–Crippen MR) is 75.1 cm³/mol. The van der Waals surface area contributed by atoms with E-state index in [1.807, 2.05) is 0 Å². The van der Waals surface area contributed by atoms with Crippen LogP contribution in [0.25, 0.3) is 16.7 Å². The van der Waals surface area contributed by atoms with E-state index in [1.54, 1.807) is 19.1 Å². The molecule has 0 fully saturated rings. The molecular weight excluding hydrogens is 284 g/mol. The maximum absolute atomic E-state index is 14.1. The van der Waals surface area contributed by atoms with E-state index in [9.17, 15) is 8.78 Å². The quantitative estimate of drug-likeness (QED) is 0.740. The van der Waals surface area contributed by atoms with Crippen LogP contribution in [-0.4, -0.2) is 9.55 Å². The van der Waals surface area contributed by atoms with Crippen molar-refractivity contribution in [2.24, 2.45) is 0 Å². The fourth-order valence-electron chi connectivity index (χ4n) is 2.14. The fraction of sp³-hybridized carbons (Fsp3) is 0.0714. The minimum Gasteiger partial charge on any atom is -0.369 e. The lowest BCUT2D eigenvalue weighted by Crippen LogP contribution is -2.03. The summed E-state index contributed by atoms with van der Waals surface area (Å²) in [5.74, 6) is -0.950. The lowest BCUT2D eigenvalue weighted by Gasteiger charge is -2.08. The molecule has 0 bridgehead atoms. The lowest BCUT2D eigenvalue weighted by molar-refractivity contribution is 0.618. The number of imidazole rings is 1. The maximum atomic E-state index is 14.1. The molecule has 0 saturated heterocycles. The van der Waals surface area contributed by atoms with Crippen molar-refractivity contribution in [2.75, 3.05) is 5.73 Å². The van der Waals surface area contributed by atoms with Crippen LogP contribution in [-0.2, 0) is 0 Å². The van der Waals surface area contributed by atoms with Crippen LogP contribution < -0.4 is 5.73 Å². The van der Waals surface area contributed by atoms with Gasteiger partial charge in [-0.25, -0.2) is 13.8 Å². The Labute approximate surface area is 118 Å². The number of hydrogen-bond donors (Lipinski definition) is 1. The molecule has 0 aliphatic carbocycles. The van der Waals surface area contributed by atoms with E-state index in [-0.39, 0.29) is 16.7 Å². The van der Waals surface area contributed by atoms with Gasteiger partial charge >= 0.3 is 0 Å². The van der Waals surface area contributed by atoms with Crippen LogP contribution >= 0.6 is 11.6 Å². The first-order valence-corrected chi connectivity index (χ1v) is 6.24. The molecule has 1 heterocycles. The highest BCUT2D eigenvalue weighted by molar-refractivity contribution is 6.31. The van der Waals surface area contributed by atoms with Crippen LogP contribution in [0.2, 0.25) is 5.02 Å². The third kappa shape index (κ3) is 1.91. The van der Waals surface area contributed by atoms with Crippen LogP contribution in [0.5, 0.6) is 0 Å². The summed E-state index contributed by atoms with van der Waals surface area (Å²) in [5.41, 5.74) is 7.63. The van der Waals surface area contributed by atoms with Crippen LogP contribution in [0.15, 0.2) is 30.3 Å². The number of anilines is 1. The Bertz CT molecular complexity index is 827. The molecule has 0 radical (unpaired) electrons. The summed E-state index contributed by atoms with van der Waals surface area (Å²) in [6.45, 7) is 1.79. The van der Waals surface area contributed by atoms with Gasteiger partial charge in [-0.3, -0.25) is 4.57 Å². The van der Waals surface area contributed by atoms with E-state index >= 15 is 0 Å². The number of hydrogen-bond acceptors (Lipinski definition) is 2. The molecule has 3 aromatic rings. The van der Waals surface area contributed by atoms with Crippen LogP contribution in [0.3, 0.4) is 0 Å². The van der Waals surface area contributed by atoms with E-state index < -0.39 is 11.6 Å². The van der Waals surface area contributed by atoms with Gasteiger partial charge in [0.1, 0.15) is 11.6 Å². The Kier molecular flexibility index (Phi) is 2.87. The molecule has 0 spiro atoms. The van der Waals surface area contributed by atoms with Gasteiger partial charge in [-0.1, -0.05) is 17.7 Å². The van der Waals surface area contributed by atoms with E-state index in [0.29, 0.717) is 11.0 Å². The van der Waals surface area contributed by atoms with Gasteiger partial charge in [-0.15, -0.1) is 0 Å². The number of fused-ring (bicyclic) bond motifs is 1. The number of aryl methyl sites for hydroxylation is 1. The van der Waals surface area contributed by atoms with Crippen molar-refractivity contribution < 1.29 is 8.78 Å². The minimum absolute atomic E-state index is 0.0637. The average molecular weight is 294 g/mol. The van der Waals surface area contributed by atoms with E-state index in [0.717, 1.165) is 5.56 Å². The normalized spacial score (nSPS) is 11.2. The standard InChI is InChI=1S/C14H10ClF2N3/c1-7-2-3-12(10(17)4-7)20-13-5-8(15)9(16)6-11(13)19-14(20)18/h2-6H,1H3,(H2,18,19). The summed E-state index contributed by atoms with van der Waals surface area (Å²) in [5, 5.41) is -0.0637. The second kappa shape index (κ2) is 4.45. The van der Waals surface area contributed by atoms with Crippen molar-refractivity contribution in [2.45, 2.75) is 6.92 Å². The zero-order chi connectivity index (χ0) is 14.4. The molecule has 0 aliphatic rings. The van der Waals surface area contributed by atoms with Crippen molar-refractivity contribution in [1.29, 1.82) is 0 Å². The molecule has 20 heavy (non-hydrogen) atoms. The second-order valence-electron chi connectivity index (χ2n) is 4.52. The summed E-state index contributed by atoms with van der Waals surface area (Å²) in [7, 11) is 0. The average Bonchev–Trinajstić information content (AvgIpc) is 2.66. The first-order chi connectivity index (χ1) is 9.47. The number of nitrogens with zero attached hydrogens (tertiary/aromatic N) is 2. The summed E-state index contributed by atoms with van der Waals surface area (Å²) < 4.78 is 28.9. The highest BCUT2D eigenvalue weighted by Gasteiger charge is 2.15. The SMILES string of the molecule is Cc1ccc(-n2c(N)nc3cc(F)c(Cl)cc32)c(F)c1. The third-order valence-electron chi connectivity index (χ3n) is 3.07. The molecule has 3 rings (SSSR count). The van der Waals surface area contributed by atoms with E-state index in [4.69, 9.17) is 17.3 Å². The number of nitrogens with two attached hydrogens (primary N) is 1. The highest BCUT2D eigenvalue weighted by atomic mass is 35.5. The molecule has 102 valence electrons. The van der Waals surface area contributed by atoms with Crippen molar-refractivity contribution in [3.8, 4) is 5.69 Å². The summed E-state index contributed by atoms with van der Waals surface area (Å²) in [6.07, 6.45) is 0.